The van der Waals surface area contributed by atoms with Crippen LogP contribution in [0.15, 0.2) is 109 Å². The molecule has 3 aromatic rings. The number of para-hydroxylation sites is 1. The van der Waals surface area contributed by atoms with Gasteiger partial charge in [0.1, 0.15) is 49.6 Å². The Morgan fingerprint density at radius 2 is 1.46 bits per heavy atom. The van der Waals surface area contributed by atoms with Gasteiger partial charge in [-0.15, -0.1) is 0 Å². The summed E-state index contributed by atoms with van der Waals surface area (Å²) in [4.78, 5) is 92.8. The van der Waals surface area contributed by atoms with Crippen LogP contribution < -0.4 is 25.6 Å². The maximum atomic E-state index is 14.2. The van der Waals surface area contributed by atoms with Gasteiger partial charge in [0.2, 0.25) is 11.8 Å². The van der Waals surface area contributed by atoms with E-state index in [9.17, 15) is 38.1 Å². The molecule has 1 heterocycles. The summed E-state index contributed by atoms with van der Waals surface area (Å²) < 4.78 is 37.2. The fourth-order valence-electron chi connectivity index (χ4n) is 7.26. The number of carbonyl (C=O) groups excluding carboxylic acids is 7. The molecular weight excluding hydrogens is 970 g/mol. The van der Waals surface area contributed by atoms with Crippen LogP contribution in [0.2, 0.25) is 0 Å². The first-order valence-electron chi connectivity index (χ1n) is 24.8. The number of benzene rings is 3. The fourth-order valence-corrected chi connectivity index (χ4v) is 9.16. The largest absolute Gasteiger partial charge is 0.460 e. The first-order chi connectivity index (χ1) is 35.3. The normalized spacial score (nSPS) is 14.9. The lowest BCUT2D eigenvalue weighted by Crippen LogP contribution is -2.59. The maximum absolute atomic E-state index is 14.2. The van der Waals surface area contributed by atoms with Crippen LogP contribution in [0.25, 0.3) is 0 Å². The molecule has 0 aromatic heterocycles. The Morgan fingerprint density at radius 3 is 2.09 bits per heavy atom. The van der Waals surface area contributed by atoms with Crippen molar-refractivity contribution < 1.29 is 56.9 Å². The number of hydrogen-bond acceptors (Lipinski definition) is 14. The minimum Gasteiger partial charge on any atom is -0.460 e. The van der Waals surface area contributed by atoms with Gasteiger partial charge in [-0.25, -0.2) is 9.88 Å². The Bertz CT molecular complexity index is 2400. The number of rotatable bonds is 33. The third-order valence-corrected chi connectivity index (χ3v) is 13.8. The maximum Gasteiger partial charge on any atom is 0.411 e. The van der Waals surface area contributed by atoms with Crippen molar-refractivity contribution in [1.29, 1.82) is 0 Å². The number of aldehydes is 1. The second-order valence-corrected chi connectivity index (χ2v) is 21.3. The lowest BCUT2D eigenvalue weighted by molar-refractivity contribution is -0.146. The van der Waals surface area contributed by atoms with E-state index in [0.717, 1.165) is 16.0 Å². The van der Waals surface area contributed by atoms with Gasteiger partial charge in [-0.2, -0.15) is 0 Å². The molecule has 402 valence electrons. The molecule has 19 nitrogen and oxygen atoms in total. The first-order valence-corrected chi connectivity index (χ1v) is 26.7. The van der Waals surface area contributed by atoms with E-state index in [2.05, 4.69) is 21.0 Å². The highest BCUT2D eigenvalue weighted by Crippen LogP contribution is 2.44. The summed E-state index contributed by atoms with van der Waals surface area (Å²) in [6, 6.07) is 23.3. The van der Waals surface area contributed by atoms with E-state index < -0.39 is 43.1 Å². The molecule has 74 heavy (non-hydrogen) atoms. The fraction of sp³-hybridized carbons (Fsp3) is 0.463. The van der Waals surface area contributed by atoms with E-state index >= 15 is 0 Å². The topological polar surface area (TPSA) is 231 Å². The quantitative estimate of drug-likeness (QED) is 0.00958. The predicted octanol–water partition coefficient (Wildman–Crippen LogP) is 6.60. The molecule has 3 aromatic carbocycles. The summed E-state index contributed by atoms with van der Waals surface area (Å²) in [6.45, 7) is 9.99. The van der Waals surface area contributed by atoms with E-state index in [1.807, 2.05) is 68.4 Å². The number of carbonyl (C=O) groups is 7. The van der Waals surface area contributed by atoms with Crippen LogP contribution >= 0.6 is 7.52 Å². The van der Waals surface area contributed by atoms with Crippen LogP contribution in [0.3, 0.4) is 0 Å². The highest BCUT2D eigenvalue weighted by Gasteiger charge is 2.33. The SMILES string of the molecule is C/C(=C\CCP(=O)(N[C@@H](C)C(=O)OCc1ccccc1)Oc1ccccc1)COCN(CCN(C)C)C(=O)OCc1ccc(NC[C@](C)(C=O)NC(=O)[C@@H](NC(=O)CCCCCN2C(=O)C=CC2=O)C(C)C)cc1. The molecule has 5 amide bonds. The van der Waals surface area contributed by atoms with E-state index in [-0.39, 0.29) is 75.9 Å². The summed E-state index contributed by atoms with van der Waals surface area (Å²) in [6.07, 6.45) is 6.64. The number of nitrogens with zero attached hydrogens (tertiary/aromatic N) is 3. The minimum atomic E-state index is -3.61. The molecule has 4 atom stereocenters. The highest BCUT2D eigenvalue weighted by molar-refractivity contribution is 7.57. The Hall–Kier alpha value is -6.66. The van der Waals surface area contributed by atoms with Crippen LogP contribution in [-0.4, -0.2) is 134 Å². The molecule has 0 radical (unpaired) electrons. The standard InChI is InChI=1S/C54H74N7O12P/c1-40(2)50(56-47(63)23-15-10-16-30-61-48(64)28-29-49(61)65)51(66)57-54(5,38-62)37-55-45-26-24-44(25-27-45)36-72-53(68)60(32-31-59(6)7)39-70-34-41(3)18-17-33-74(69,73-46-21-13-9-14-22-46)58-42(4)52(67)71-35-43-19-11-8-12-20-43/h8-9,11-14,18-22,24-29,38,40,42,50,55H,10,15-17,23,30-37,39H2,1-7H3,(H,56,63)(H,57,66)(H,58,69)/b41-18+/t42-,50-,54+,74?/m0/s1. The average Bonchev–Trinajstić information content (AvgIpc) is 3.69. The van der Waals surface area contributed by atoms with Gasteiger partial charge in [-0.05, 0) is 95.4 Å². The van der Waals surface area contributed by atoms with Crippen LogP contribution in [0.4, 0.5) is 10.5 Å². The Labute approximate surface area is 435 Å². The van der Waals surface area contributed by atoms with Crippen molar-refractivity contribution in [2.24, 2.45) is 5.92 Å². The smallest absolute Gasteiger partial charge is 0.411 e. The van der Waals surface area contributed by atoms with Gasteiger partial charge >= 0.3 is 19.6 Å². The number of nitrogens with one attached hydrogen (secondary N) is 4. The molecule has 0 saturated carbocycles. The van der Waals surface area contributed by atoms with Gasteiger partial charge in [0.05, 0.1) is 12.8 Å². The summed E-state index contributed by atoms with van der Waals surface area (Å²) in [7, 11) is 0.174. The second kappa shape index (κ2) is 30.5. The molecule has 1 unspecified atom stereocenters. The predicted molar refractivity (Wildman–Crippen MR) is 282 cm³/mol. The molecule has 4 rings (SSSR count). The van der Waals surface area contributed by atoms with Crippen molar-refractivity contribution in [2.45, 2.75) is 97.6 Å². The summed E-state index contributed by atoms with van der Waals surface area (Å²) >= 11 is 0. The van der Waals surface area contributed by atoms with Crippen molar-refractivity contribution in [3.63, 3.8) is 0 Å². The van der Waals surface area contributed by atoms with Crippen molar-refractivity contribution in [2.75, 3.05) is 65.1 Å². The van der Waals surface area contributed by atoms with Gasteiger partial charge in [-0.1, -0.05) is 92.6 Å². The lowest BCUT2D eigenvalue weighted by atomic mass is 9.99. The number of likely N-dealkylation sites (N-methyl/N-ethyl adjacent to an activating group) is 1. The third kappa shape index (κ3) is 21.4. The van der Waals surface area contributed by atoms with Crippen molar-refractivity contribution in [3.8, 4) is 5.75 Å². The molecule has 0 fully saturated rings. The molecule has 0 spiro atoms. The second-order valence-electron chi connectivity index (χ2n) is 19.0. The van der Waals surface area contributed by atoms with Crippen LogP contribution in [0, 0.1) is 5.92 Å². The van der Waals surface area contributed by atoms with E-state index in [4.69, 9.17) is 18.7 Å². The lowest BCUT2D eigenvalue weighted by Gasteiger charge is -2.30. The van der Waals surface area contributed by atoms with E-state index in [1.54, 1.807) is 76.2 Å². The zero-order valence-electron chi connectivity index (χ0n) is 43.7. The number of unbranched alkanes of at least 4 members (excludes halogenated alkanes) is 2. The molecule has 1 aliphatic rings. The molecule has 1 aliphatic heterocycles. The highest BCUT2D eigenvalue weighted by atomic mass is 31.2. The van der Waals surface area contributed by atoms with Crippen LogP contribution in [-0.2, 0) is 60.8 Å². The number of amides is 5. The average molecular weight is 1040 g/mol. The van der Waals surface area contributed by atoms with Crippen LogP contribution in [0.1, 0.15) is 77.8 Å². The van der Waals surface area contributed by atoms with Crippen molar-refractivity contribution in [3.05, 3.63) is 120 Å². The Morgan fingerprint density at radius 1 is 0.824 bits per heavy atom. The number of hydrogen-bond donors (Lipinski definition) is 4. The molecule has 0 aliphatic carbocycles. The molecule has 4 N–H and O–H groups in total. The number of allylic oxidation sites excluding steroid dienone is 1. The number of imide groups is 1. The van der Waals surface area contributed by atoms with E-state index in [0.29, 0.717) is 62.1 Å². The van der Waals surface area contributed by atoms with Crippen molar-refractivity contribution in [1.82, 2.24) is 30.4 Å². The van der Waals surface area contributed by atoms with E-state index in [1.165, 1.54) is 17.1 Å². The summed E-state index contributed by atoms with van der Waals surface area (Å²) in [5.41, 5.74) is 1.68. The monoisotopic (exact) mass is 1040 g/mol. The zero-order valence-corrected chi connectivity index (χ0v) is 44.6. The molecule has 0 bridgehead atoms. The molecule has 0 saturated heterocycles. The van der Waals surface area contributed by atoms with Gasteiger partial charge < -0.3 is 44.4 Å². The van der Waals surface area contributed by atoms with Crippen LogP contribution in [0.5, 0.6) is 5.75 Å². The molecule has 20 heteroatoms. The van der Waals surface area contributed by atoms with Gasteiger partial charge in [0.25, 0.3) is 11.8 Å². The number of ether oxygens (including phenoxy) is 3. The number of esters is 1. The van der Waals surface area contributed by atoms with Gasteiger partial charge in [0, 0.05) is 50.4 Å². The van der Waals surface area contributed by atoms with Crippen molar-refractivity contribution >= 4 is 55.2 Å². The van der Waals surface area contributed by atoms with Gasteiger partial charge in [-0.3, -0.25) is 38.3 Å². The Balaban J connectivity index is 1.22. The Kier molecular flexibility index (Phi) is 24.7. The summed E-state index contributed by atoms with van der Waals surface area (Å²) in [5.74, 6) is -1.96. The minimum absolute atomic E-state index is 0.0260. The number of anilines is 1. The molecular formula is C54H74N7O12P. The first kappa shape index (κ1) is 59.9. The zero-order chi connectivity index (χ0) is 54.1. The van der Waals surface area contributed by atoms with Gasteiger partial charge in [0.15, 0.2) is 0 Å². The summed E-state index contributed by atoms with van der Waals surface area (Å²) in [5, 5.41) is 11.6. The third-order valence-electron chi connectivity index (χ3n) is 11.6.